The molecule has 0 spiro atoms. The van der Waals surface area contributed by atoms with Gasteiger partial charge in [0.25, 0.3) is 0 Å². The molecule has 1 aromatic rings. The highest BCUT2D eigenvalue weighted by Crippen LogP contribution is 2.11. The molecule has 1 aromatic heterocycles. The van der Waals surface area contributed by atoms with Crippen LogP contribution in [0.2, 0.25) is 0 Å². The van der Waals surface area contributed by atoms with Crippen LogP contribution < -0.4 is 0 Å². The second-order valence-electron chi connectivity index (χ2n) is 1.19. The van der Waals surface area contributed by atoms with Gasteiger partial charge >= 0.3 is 0 Å². The lowest BCUT2D eigenvalue weighted by molar-refractivity contribution is 0.749. The van der Waals surface area contributed by atoms with Crippen LogP contribution in [0, 0.1) is 6.85 Å². The van der Waals surface area contributed by atoms with E-state index in [2.05, 4.69) is 21.0 Å². The van der Waals surface area contributed by atoms with E-state index in [0.29, 0.717) is 4.68 Å². The van der Waals surface area contributed by atoms with Crippen LogP contribution in [0.1, 0.15) is 15.2 Å². The molecular formula is C5H7BrN2. The zero-order chi connectivity index (χ0) is 12.0. The maximum Gasteiger partial charge on any atom is 0.106 e. The number of halogens is 1. The van der Waals surface area contributed by atoms with E-state index in [1.807, 2.05) is 0 Å². The molecule has 0 atom stereocenters. The Balaban J connectivity index is 3.41. The van der Waals surface area contributed by atoms with Crippen molar-refractivity contribution in [3.63, 3.8) is 0 Å². The molecular weight excluding hydrogens is 168 g/mol. The van der Waals surface area contributed by atoms with Gasteiger partial charge in [-0.25, -0.2) is 0 Å². The van der Waals surface area contributed by atoms with Gasteiger partial charge in [-0.2, -0.15) is 5.10 Å². The van der Waals surface area contributed by atoms with Gasteiger partial charge in [0.05, 0.1) is 7.54 Å². The molecule has 44 valence electrons. The van der Waals surface area contributed by atoms with Gasteiger partial charge in [-0.05, 0) is 22.8 Å². The molecule has 2 nitrogen and oxygen atoms in total. The van der Waals surface area contributed by atoms with E-state index < -0.39 is 25.6 Å². The zero-order valence-corrected chi connectivity index (χ0v) is 5.36. The molecule has 0 saturated carbocycles. The molecule has 1 heterocycles. The van der Waals surface area contributed by atoms with Gasteiger partial charge in [0.1, 0.15) is 4.60 Å². The predicted molar refractivity (Wildman–Crippen MR) is 35.6 cm³/mol. The van der Waals surface area contributed by atoms with E-state index >= 15 is 0 Å². The summed E-state index contributed by atoms with van der Waals surface area (Å²) in [6.07, 6.45) is -0.557. The summed E-state index contributed by atoms with van der Waals surface area (Å²) < 4.78 is 50.2. The summed E-state index contributed by atoms with van der Waals surface area (Å²) >= 11 is 2.83. The molecule has 0 N–H and O–H groups in total. The first-order chi connectivity index (χ1) is 6.55. The van der Waals surface area contributed by atoms with E-state index in [9.17, 15) is 0 Å². The van der Waals surface area contributed by atoms with Crippen molar-refractivity contribution in [2.45, 2.75) is 6.85 Å². The summed E-state index contributed by atoms with van der Waals surface area (Å²) in [4.78, 5) is 0. The smallest absolute Gasteiger partial charge is 0.106 e. The molecule has 0 amide bonds. The SMILES string of the molecule is [2H]c1nn(C([2H])([2H])[2H])c(Br)c1C([2H])([2H])[2H]. The second-order valence-corrected chi connectivity index (χ2v) is 1.94. The third-order valence-electron chi connectivity index (χ3n) is 0.654. The summed E-state index contributed by atoms with van der Waals surface area (Å²) in [5, 5.41) is 3.36. The summed E-state index contributed by atoms with van der Waals surface area (Å²) in [6.45, 7) is -5.16. The van der Waals surface area contributed by atoms with E-state index in [1.165, 1.54) is 0 Å². The van der Waals surface area contributed by atoms with Gasteiger partial charge in [0.15, 0.2) is 0 Å². The maximum absolute atomic E-state index is 7.30. The molecule has 0 aliphatic heterocycles. The highest BCUT2D eigenvalue weighted by molar-refractivity contribution is 9.10. The fourth-order valence-corrected chi connectivity index (χ4v) is 0.464. The van der Waals surface area contributed by atoms with E-state index in [4.69, 9.17) is 9.60 Å². The summed E-state index contributed by atoms with van der Waals surface area (Å²) in [5.41, 5.74) is -0.390. The van der Waals surface area contributed by atoms with Crippen LogP contribution in [0.4, 0.5) is 0 Å². The van der Waals surface area contributed by atoms with Gasteiger partial charge in [-0.1, -0.05) is 0 Å². The van der Waals surface area contributed by atoms with Gasteiger partial charge in [0, 0.05) is 20.8 Å². The Bertz CT molecular complexity index is 376. The van der Waals surface area contributed by atoms with Crippen molar-refractivity contribution in [2.75, 3.05) is 0 Å². The monoisotopic (exact) mass is 181 g/mol. The van der Waals surface area contributed by atoms with Crippen molar-refractivity contribution in [2.24, 2.45) is 6.98 Å². The second kappa shape index (κ2) is 1.90. The summed E-state index contributed by atoms with van der Waals surface area (Å²) in [6, 6.07) is 0. The normalized spacial score (nSPS) is 25.9. The molecule has 0 saturated heterocycles. The van der Waals surface area contributed by atoms with Crippen molar-refractivity contribution in [1.82, 2.24) is 9.78 Å². The number of hydrogen-bond acceptors (Lipinski definition) is 1. The molecule has 0 bridgehead atoms. The first-order valence-corrected chi connectivity index (χ1v) is 2.60. The summed E-state index contributed by atoms with van der Waals surface area (Å²) in [7, 11) is 0. The van der Waals surface area contributed by atoms with Crippen molar-refractivity contribution in [3.8, 4) is 0 Å². The molecule has 1 rings (SSSR count). The van der Waals surface area contributed by atoms with Crippen LogP contribution >= 0.6 is 15.9 Å². The van der Waals surface area contributed by atoms with Gasteiger partial charge in [-0.3, -0.25) is 4.68 Å². The minimum absolute atomic E-state index is 0.201. The highest BCUT2D eigenvalue weighted by atomic mass is 79.9. The average Bonchev–Trinajstić information content (AvgIpc) is 2.22. The fourth-order valence-electron chi connectivity index (χ4n) is 0.296. The van der Waals surface area contributed by atoms with Crippen molar-refractivity contribution in [3.05, 3.63) is 16.3 Å². The first kappa shape index (κ1) is 1.59. The third-order valence-corrected chi connectivity index (χ3v) is 1.39. The number of nitrogens with zero attached hydrogens (tertiary/aromatic N) is 2. The Morgan fingerprint density at radius 3 is 3.38 bits per heavy atom. The fraction of sp³-hybridized carbons (Fsp3) is 0.400. The Labute approximate surface area is 66.5 Å². The summed E-state index contributed by atoms with van der Waals surface area (Å²) in [5.74, 6) is 0. The predicted octanol–water partition coefficient (Wildman–Crippen LogP) is 1.49. The number of rotatable bonds is 0. The number of hydrogen-bond donors (Lipinski definition) is 0. The molecule has 0 fully saturated rings. The number of aromatic nitrogens is 2. The zero-order valence-electron chi connectivity index (χ0n) is 10.8. The quantitative estimate of drug-likeness (QED) is 0.594. The molecule has 0 unspecified atom stereocenters. The minimum Gasteiger partial charge on any atom is -0.261 e. The molecule has 0 aromatic carbocycles. The molecule has 3 heteroatoms. The minimum atomic E-state index is -2.60. The Hall–Kier alpha value is -0.310. The van der Waals surface area contributed by atoms with Crippen LogP contribution in [0.3, 0.4) is 0 Å². The standard InChI is InChI=1S/C5H7BrN2/c1-4-3-7-8(2)5(4)6/h3H,1-2H3/i1D3,2D3,3D. The van der Waals surface area contributed by atoms with Gasteiger partial charge in [0.2, 0.25) is 0 Å². The van der Waals surface area contributed by atoms with Crippen molar-refractivity contribution >= 4 is 15.9 Å². The number of aryl methyl sites for hydroxylation is 1. The van der Waals surface area contributed by atoms with Gasteiger partial charge in [-0.15, -0.1) is 0 Å². The molecule has 0 aliphatic carbocycles. The van der Waals surface area contributed by atoms with E-state index in [1.54, 1.807) is 0 Å². The Kier molecular flexibility index (Phi) is 0.378. The highest BCUT2D eigenvalue weighted by Gasteiger charge is 1.96. The third kappa shape index (κ3) is 0.777. The topological polar surface area (TPSA) is 17.8 Å². The van der Waals surface area contributed by atoms with E-state index in [-0.39, 0.29) is 4.60 Å². The Morgan fingerprint density at radius 1 is 2.12 bits per heavy atom. The lowest BCUT2D eigenvalue weighted by atomic mass is 10.4. The Morgan fingerprint density at radius 2 is 3.00 bits per heavy atom. The van der Waals surface area contributed by atoms with Crippen LogP contribution in [-0.4, -0.2) is 9.78 Å². The maximum atomic E-state index is 7.30. The molecule has 8 heavy (non-hydrogen) atoms. The average molecular weight is 182 g/mol. The lowest BCUT2D eigenvalue weighted by Gasteiger charge is -1.88. The first-order valence-electron chi connectivity index (χ1n) is 5.31. The van der Waals surface area contributed by atoms with Crippen molar-refractivity contribution < 1.29 is 9.60 Å². The largest absolute Gasteiger partial charge is 0.261 e. The lowest BCUT2D eigenvalue weighted by Crippen LogP contribution is -1.88. The van der Waals surface area contributed by atoms with Crippen LogP contribution in [-0.2, 0) is 6.98 Å². The molecule has 0 radical (unpaired) electrons. The van der Waals surface area contributed by atoms with Gasteiger partial charge < -0.3 is 0 Å². The van der Waals surface area contributed by atoms with Crippen LogP contribution in [0.5, 0.6) is 0 Å². The van der Waals surface area contributed by atoms with Crippen molar-refractivity contribution in [1.29, 1.82) is 0 Å². The van der Waals surface area contributed by atoms with Crippen LogP contribution in [0.15, 0.2) is 10.8 Å². The van der Waals surface area contributed by atoms with Crippen LogP contribution in [0.25, 0.3) is 0 Å². The van der Waals surface area contributed by atoms with E-state index in [0.717, 1.165) is 0 Å². The molecule has 0 aliphatic rings.